The van der Waals surface area contributed by atoms with Crippen molar-refractivity contribution in [3.05, 3.63) is 95.1 Å². The Hall–Kier alpha value is -2.54. The highest BCUT2D eigenvalue weighted by atomic mass is 16.5. The molecular formula is C24H28O. The van der Waals surface area contributed by atoms with Gasteiger partial charge in [0.05, 0.1) is 0 Å². The number of aryl methyl sites for hydroxylation is 2. The van der Waals surface area contributed by atoms with Gasteiger partial charge in [0.2, 0.25) is 0 Å². The van der Waals surface area contributed by atoms with Crippen LogP contribution in [0.1, 0.15) is 43.0 Å². The van der Waals surface area contributed by atoms with Gasteiger partial charge in [0.1, 0.15) is 11.5 Å². The predicted octanol–water partition coefficient (Wildman–Crippen LogP) is 6.97. The van der Waals surface area contributed by atoms with Crippen molar-refractivity contribution in [2.24, 2.45) is 0 Å². The van der Waals surface area contributed by atoms with Gasteiger partial charge >= 0.3 is 0 Å². The molecule has 0 aliphatic rings. The van der Waals surface area contributed by atoms with E-state index in [-0.39, 0.29) is 0 Å². The first-order chi connectivity index (χ1) is 12.2. The van der Waals surface area contributed by atoms with E-state index in [0.717, 1.165) is 24.3 Å². The van der Waals surface area contributed by atoms with Crippen molar-refractivity contribution in [3.63, 3.8) is 0 Å². The molecule has 0 amide bonds. The first kappa shape index (κ1) is 18.8. The van der Waals surface area contributed by atoms with Crippen molar-refractivity contribution in [2.75, 3.05) is 0 Å². The Morgan fingerprint density at radius 1 is 0.600 bits per heavy atom. The van der Waals surface area contributed by atoms with E-state index in [1.165, 1.54) is 22.3 Å². The van der Waals surface area contributed by atoms with Crippen LogP contribution in [0.5, 0.6) is 11.5 Å². The highest BCUT2D eigenvalue weighted by molar-refractivity contribution is 5.36. The molecule has 0 aliphatic carbocycles. The Kier molecular flexibility index (Phi) is 7.28. The molecule has 0 spiro atoms. The molecule has 3 rings (SSSR count). The number of hydrogen-bond acceptors (Lipinski definition) is 1. The maximum absolute atomic E-state index is 5.87. The van der Waals surface area contributed by atoms with Gasteiger partial charge < -0.3 is 4.74 Å². The van der Waals surface area contributed by atoms with Crippen molar-refractivity contribution in [1.82, 2.24) is 0 Å². The Balaban J connectivity index is 0.00000109. The average Bonchev–Trinajstić information content (AvgIpc) is 2.67. The summed E-state index contributed by atoms with van der Waals surface area (Å²) in [5.74, 6) is 1.75. The quantitative estimate of drug-likeness (QED) is 0.490. The molecule has 25 heavy (non-hydrogen) atoms. The first-order valence-electron chi connectivity index (χ1n) is 9.14. The predicted molar refractivity (Wildman–Crippen MR) is 108 cm³/mol. The van der Waals surface area contributed by atoms with E-state index in [9.17, 15) is 0 Å². The topological polar surface area (TPSA) is 9.23 Å². The molecule has 0 saturated carbocycles. The monoisotopic (exact) mass is 332 g/mol. The van der Waals surface area contributed by atoms with Crippen LogP contribution in [0.3, 0.4) is 0 Å². The third kappa shape index (κ3) is 5.79. The van der Waals surface area contributed by atoms with E-state index in [1.54, 1.807) is 0 Å². The van der Waals surface area contributed by atoms with Crippen molar-refractivity contribution in [3.8, 4) is 11.5 Å². The summed E-state index contributed by atoms with van der Waals surface area (Å²) in [6.07, 6.45) is 2.04. The summed E-state index contributed by atoms with van der Waals surface area (Å²) in [6, 6.07) is 25.3. The molecule has 1 nitrogen and oxygen atoms in total. The molecule has 0 unspecified atom stereocenters. The zero-order valence-electron chi connectivity index (χ0n) is 15.8. The molecule has 0 heterocycles. The normalized spacial score (nSPS) is 9.92. The third-order valence-corrected chi connectivity index (χ3v) is 4.02. The minimum Gasteiger partial charge on any atom is -0.457 e. The van der Waals surface area contributed by atoms with Gasteiger partial charge in [-0.15, -0.1) is 0 Å². The molecule has 3 aromatic carbocycles. The highest BCUT2D eigenvalue weighted by Crippen LogP contribution is 2.22. The summed E-state index contributed by atoms with van der Waals surface area (Å²) in [5, 5.41) is 0. The van der Waals surface area contributed by atoms with Gasteiger partial charge in [-0.3, -0.25) is 0 Å². The van der Waals surface area contributed by atoms with E-state index in [0.29, 0.717) is 0 Å². The van der Waals surface area contributed by atoms with Crippen LogP contribution in [0.2, 0.25) is 0 Å². The van der Waals surface area contributed by atoms with Crippen molar-refractivity contribution in [1.29, 1.82) is 0 Å². The molecule has 0 atom stereocenters. The lowest BCUT2D eigenvalue weighted by Gasteiger charge is -2.08. The fourth-order valence-electron chi connectivity index (χ4n) is 2.55. The summed E-state index contributed by atoms with van der Waals surface area (Å²) < 4.78 is 5.87. The van der Waals surface area contributed by atoms with Gasteiger partial charge in [-0.2, -0.15) is 0 Å². The van der Waals surface area contributed by atoms with Crippen LogP contribution in [-0.4, -0.2) is 0 Å². The molecule has 0 aliphatic heterocycles. The van der Waals surface area contributed by atoms with E-state index >= 15 is 0 Å². The van der Waals surface area contributed by atoms with Gasteiger partial charge in [0.15, 0.2) is 0 Å². The Labute approximate surface area is 152 Å². The fraction of sp³-hybridized carbons (Fsp3) is 0.250. The Morgan fingerprint density at radius 2 is 1.00 bits per heavy atom. The van der Waals surface area contributed by atoms with Crippen LogP contribution < -0.4 is 4.74 Å². The second-order valence-corrected chi connectivity index (χ2v) is 5.91. The minimum absolute atomic E-state index is 0.874. The fourth-order valence-corrected chi connectivity index (χ4v) is 2.55. The molecule has 0 saturated heterocycles. The summed E-state index contributed by atoms with van der Waals surface area (Å²) in [7, 11) is 0. The number of hydrogen-bond donors (Lipinski definition) is 0. The Morgan fingerprint density at radius 3 is 1.48 bits per heavy atom. The van der Waals surface area contributed by atoms with Crippen LogP contribution in [0.4, 0.5) is 0 Å². The SMILES string of the molecule is CC.CCc1ccc(Cc2ccc(Oc3ccc(C)cc3)cc2)cc1. The van der Waals surface area contributed by atoms with Crippen molar-refractivity contribution in [2.45, 2.75) is 40.5 Å². The van der Waals surface area contributed by atoms with Crippen LogP contribution >= 0.6 is 0 Å². The summed E-state index contributed by atoms with van der Waals surface area (Å²) in [5.41, 5.74) is 5.26. The second kappa shape index (κ2) is 9.68. The molecule has 0 N–H and O–H groups in total. The molecule has 3 aromatic rings. The number of rotatable bonds is 5. The van der Waals surface area contributed by atoms with Crippen LogP contribution in [-0.2, 0) is 12.8 Å². The number of ether oxygens (including phenoxy) is 1. The maximum Gasteiger partial charge on any atom is 0.127 e. The summed E-state index contributed by atoms with van der Waals surface area (Å²) in [4.78, 5) is 0. The van der Waals surface area contributed by atoms with Crippen LogP contribution in [0.25, 0.3) is 0 Å². The van der Waals surface area contributed by atoms with E-state index < -0.39 is 0 Å². The highest BCUT2D eigenvalue weighted by Gasteiger charge is 2.00. The number of benzene rings is 3. The first-order valence-corrected chi connectivity index (χ1v) is 9.14. The molecule has 0 aromatic heterocycles. The second-order valence-electron chi connectivity index (χ2n) is 5.91. The molecular weight excluding hydrogens is 304 g/mol. The smallest absolute Gasteiger partial charge is 0.127 e. The zero-order valence-corrected chi connectivity index (χ0v) is 15.8. The third-order valence-electron chi connectivity index (χ3n) is 4.02. The Bertz CT molecular complexity index is 738. The maximum atomic E-state index is 5.87. The van der Waals surface area contributed by atoms with Crippen LogP contribution in [0, 0.1) is 6.92 Å². The summed E-state index contributed by atoms with van der Waals surface area (Å²) in [6.45, 7) is 8.26. The van der Waals surface area contributed by atoms with Crippen molar-refractivity contribution < 1.29 is 4.74 Å². The summed E-state index contributed by atoms with van der Waals surface area (Å²) >= 11 is 0. The van der Waals surface area contributed by atoms with Gasteiger partial charge in [0.25, 0.3) is 0 Å². The lowest BCUT2D eigenvalue weighted by Crippen LogP contribution is -1.90. The standard InChI is InChI=1S/C22H22O.C2H6/c1-3-18-6-8-19(9-7-18)16-20-10-14-22(15-11-20)23-21-12-4-17(2)5-13-21;1-2/h4-15H,3,16H2,1-2H3;1-2H3. The van der Waals surface area contributed by atoms with Gasteiger partial charge in [-0.25, -0.2) is 0 Å². The lowest BCUT2D eigenvalue weighted by molar-refractivity contribution is 0.482. The lowest BCUT2D eigenvalue weighted by atomic mass is 10.0. The van der Waals surface area contributed by atoms with E-state index in [1.807, 2.05) is 38.1 Å². The minimum atomic E-state index is 0.874. The zero-order chi connectivity index (χ0) is 18.1. The van der Waals surface area contributed by atoms with Gasteiger partial charge in [0, 0.05) is 0 Å². The van der Waals surface area contributed by atoms with Crippen molar-refractivity contribution >= 4 is 0 Å². The molecule has 130 valence electrons. The largest absolute Gasteiger partial charge is 0.457 e. The van der Waals surface area contributed by atoms with E-state index in [2.05, 4.69) is 62.4 Å². The molecule has 1 heteroatoms. The van der Waals surface area contributed by atoms with Gasteiger partial charge in [-0.05, 0) is 60.7 Å². The molecule has 0 bridgehead atoms. The van der Waals surface area contributed by atoms with E-state index in [4.69, 9.17) is 4.74 Å². The average molecular weight is 332 g/mol. The van der Waals surface area contributed by atoms with Gasteiger partial charge in [-0.1, -0.05) is 74.9 Å². The van der Waals surface area contributed by atoms with Crippen LogP contribution in [0.15, 0.2) is 72.8 Å². The molecule has 0 radical (unpaired) electrons. The molecule has 0 fully saturated rings.